The molecule has 0 bridgehead atoms. The minimum Gasteiger partial charge on any atom is -0.494 e. The van der Waals surface area contributed by atoms with Crippen LogP contribution in [-0.4, -0.2) is 65.7 Å². The van der Waals surface area contributed by atoms with Crippen LogP contribution in [0.1, 0.15) is 25.0 Å². The quantitative estimate of drug-likeness (QED) is 0.193. The van der Waals surface area contributed by atoms with Gasteiger partial charge in [-0.1, -0.05) is 31.2 Å². The molecule has 0 radical (unpaired) electrons. The highest BCUT2D eigenvalue weighted by molar-refractivity contribution is 6.33. The molecule has 1 aliphatic carbocycles. The number of nitro groups is 1. The lowest BCUT2D eigenvalue weighted by atomic mass is 10.0. The smallest absolute Gasteiger partial charge is 0.294 e. The maximum absolute atomic E-state index is 12.0. The average molecular weight is 566 g/mol. The first-order chi connectivity index (χ1) is 18.7. The fraction of sp³-hybridized carbons (Fsp3) is 0.379. The average Bonchev–Trinajstić information content (AvgIpc) is 3.52. The minimum absolute atomic E-state index is 0. The van der Waals surface area contributed by atoms with Crippen molar-refractivity contribution in [3.8, 4) is 17.0 Å². The monoisotopic (exact) mass is 565 g/mol. The number of anilines is 3. The Morgan fingerprint density at radius 2 is 1.98 bits per heavy atom. The number of fused-ring (bicyclic) bond motifs is 3. The summed E-state index contributed by atoms with van der Waals surface area (Å²) in [6, 6.07) is 7.46. The summed E-state index contributed by atoms with van der Waals surface area (Å²) in [6.45, 7) is 1.36. The SMILES string of the molecule is C.COc1cc(N(C)CCN(C)C)c([N+](=O)[O-])cc1Nc1ncc(Cl)c(-c2cn(C)c3c4c(ccc23)CCC4)n1. The largest absolute Gasteiger partial charge is 0.494 e. The van der Waals surface area contributed by atoms with E-state index in [1.165, 1.54) is 29.8 Å². The van der Waals surface area contributed by atoms with Crippen LogP contribution >= 0.6 is 11.6 Å². The molecule has 0 aliphatic heterocycles. The van der Waals surface area contributed by atoms with Gasteiger partial charge < -0.3 is 24.4 Å². The Morgan fingerprint density at radius 1 is 1.20 bits per heavy atom. The van der Waals surface area contributed by atoms with Crippen molar-refractivity contribution in [1.29, 1.82) is 0 Å². The van der Waals surface area contributed by atoms with Gasteiger partial charge in [0.25, 0.3) is 5.69 Å². The van der Waals surface area contributed by atoms with Gasteiger partial charge in [-0.25, -0.2) is 9.97 Å². The van der Waals surface area contributed by atoms with Gasteiger partial charge in [0.05, 0.1) is 40.2 Å². The van der Waals surface area contributed by atoms with E-state index in [-0.39, 0.29) is 19.1 Å². The molecule has 2 aromatic carbocycles. The normalized spacial score (nSPS) is 12.4. The highest BCUT2D eigenvalue weighted by Crippen LogP contribution is 2.41. The maximum Gasteiger partial charge on any atom is 0.294 e. The second-order valence-electron chi connectivity index (χ2n) is 10.1. The fourth-order valence-electron chi connectivity index (χ4n) is 5.27. The van der Waals surface area contributed by atoms with Gasteiger partial charge in [-0.15, -0.1) is 0 Å². The molecule has 0 unspecified atom stereocenters. The van der Waals surface area contributed by atoms with Crippen LogP contribution in [0.5, 0.6) is 5.75 Å². The second kappa shape index (κ2) is 11.7. The lowest BCUT2D eigenvalue weighted by Crippen LogP contribution is -2.28. The number of methoxy groups -OCH3 is 1. The van der Waals surface area contributed by atoms with Gasteiger partial charge in [0.1, 0.15) is 11.4 Å². The third-order valence-electron chi connectivity index (χ3n) is 7.25. The summed E-state index contributed by atoms with van der Waals surface area (Å²) in [5.74, 6) is 0.696. The van der Waals surface area contributed by atoms with E-state index in [9.17, 15) is 10.1 Å². The number of hydrogen-bond donors (Lipinski definition) is 1. The van der Waals surface area contributed by atoms with E-state index < -0.39 is 4.92 Å². The van der Waals surface area contributed by atoms with Crippen LogP contribution in [0.2, 0.25) is 5.02 Å². The minimum atomic E-state index is -0.394. The zero-order chi connectivity index (χ0) is 27.8. The molecular formula is C29H36ClN7O3. The predicted molar refractivity (Wildman–Crippen MR) is 162 cm³/mol. The number of nitrogens with zero attached hydrogens (tertiary/aromatic N) is 6. The van der Waals surface area contributed by atoms with Gasteiger partial charge in [-0.05, 0) is 44.5 Å². The van der Waals surface area contributed by atoms with Crippen LogP contribution in [0.4, 0.5) is 23.0 Å². The van der Waals surface area contributed by atoms with E-state index in [0.717, 1.165) is 36.8 Å². The van der Waals surface area contributed by atoms with Gasteiger partial charge in [0, 0.05) is 56.5 Å². The Bertz CT molecular complexity index is 1570. The van der Waals surface area contributed by atoms with Crippen molar-refractivity contribution in [1.82, 2.24) is 19.4 Å². The molecule has 0 saturated carbocycles. The maximum atomic E-state index is 12.0. The number of ether oxygens (including phenoxy) is 1. The number of aryl methyl sites for hydroxylation is 3. The Hall–Kier alpha value is -3.89. The molecule has 10 nitrogen and oxygen atoms in total. The highest BCUT2D eigenvalue weighted by Gasteiger charge is 2.24. The Morgan fingerprint density at radius 3 is 2.67 bits per heavy atom. The Labute approximate surface area is 239 Å². The number of rotatable bonds is 9. The molecule has 2 heterocycles. The first-order valence-electron chi connectivity index (χ1n) is 12.8. The van der Waals surface area contributed by atoms with E-state index >= 15 is 0 Å². The lowest BCUT2D eigenvalue weighted by molar-refractivity contribution is -0.384. The van der Waals surface area contributed by atoms with Crippen molar-refractivity contribution < 1.29 is 9.66 Å². The van der Waals surface area contributed by atoms with Crippen molar-refractivity contribution >= 4 is 45.5 Å². The Kier molecular flexibility index (Phi) is 8.51. The predicted octanol–water partition coefficient (Wildman–Crippen LogP) is 6.07. The molecule has 0 atom stereocenters. The molecule has 0 spiro atoms. The molecule has 11 heteroatoms. The topological polar surface area (TPSA) is 102 Å². The summed E-state index contributed by atoms with van der Waals surface area (Å²) in [5.41, 5.74) is 6.29. The number of benzene rings is 2. The van der Waals surface area contributed by atoms with Gasteiger partial charge in [-0.2, -0.15) is 0 Å². The molecular weight excluding hydrogens is 530 g/mol. The molecule has 0 amide bonds. The summed E-state index contributed by atoms with van der Waals surface area (Å²) < 4.78 is 7.74. The second-order valence-corrected chi connectivity index (χ2v) is 10.6. The third-order valence-corrected chi connectivity index (χ3v) is 7.53. The van der Waals surface area contributed by atoms with Crippen LogP contribution in [-0.2, 0) is 19.9 Å². The van der Waals surface area contributed by atoms with Crippen molar-refractivity contribution in [2.75, 3.05) is 51.6 Å². The zero-order valence-corrected chi connectivity index (χ0v) is 23.5. The molecule has 40 heavy (non-hydrogen) atoms. The molecule has 1 N–H and O–H groups in total. The van der Waals surface area contributed by atoms with Crippen LogP contribution in [0, 0.1) is 10.1 Å². The summed E-state index contributed by atoms with van der Waals surface area (Å²) in [5, 5.41) is 16.6. The summed E-state index contributed by atoms with van der Waals surface area (Å²) in [7, 11) is 9.31. The van der Waals surface area contributed by atoms with Crippen molar-refractivity contribution in [2.24, 2.45) is 7.05 Å². The summed E-state index contributed by atoms with van der Waals surface area (Å²) in [6.07, 6.45) is 6.92. The van der Waals surface area contributed by atoms with Gasteiger partial charge in [0.2, 0.25) is 5.95 Å². The van der Waals surface area contributed by atoms with Crippen molar-refractivity contribution in [3.63, 3.8) is 0 Å². The molecule has 5 rings (SSSR count). The number of likely N-dealkylation sites (N-methyl/N-ethyl adjacent to an activating group) is 2. The molecule has 212 valence electrons. The fourth-order valence-corrected chi connectivity index (χ4v) is 5.46. The highest BCUT2D eigenvalue weighted by atomic mass is 35.5. The molecule has 0 saturated heterocycles. The van der Waals surface area contributed by atoms with E-state index in [1.54, 1.807) is 12.3 Å². The van der Waals surface area contributed by atoms with Crippen LogP contribution in [0.3, 0.4) is 0 Å². The van der Waals surface area contributed by atoms with Crippen LogP contribution < -0.4 is 15.0 Å². The van der Waals surface area contributed by atoms with Gasteiger partial charge in [-0.3, -0.25) is 10.1 Å². The first kappa shape index (κ1) is 29.1. The van der Waals surface area contributed by atoms with E-state index in [1.807, 2.05) is 44.2 Å². The number of aromatic nitrogens is 3. The number of hydrogen-bond acceptors (Lipinski definition) is 8. The molecule has 0 fully saturated rings. The van der Waals surface area contributed by atoms with Crippen LogP contribution in [0.15, 0.2) is 36.7 Å². The Balaban J connectivity index is 0.00000370. The van der Waals surface area contributed by atoms with Gasteiger partial charge >= 0.3 is 0 Å². The number of nitrogens with one attached hydrogen (secondary N) is 1. The van der Waals surface area contributed by atoms with E-state index in [4.69, 9.17) is 21.3 Å². The van der Waals surface area contributed by atoms with Gasteiger partial charge in [0.15, 0.2) is 0 Å². The first-order valence-corrected chi connectivity index (χ1v) is 13.2. The zero-order valence-electron chi connectivity index (χ0n) is 22.8. The third kappa shape index (κ3) is 5.41. The van der Waals surface area contributed by atoms with E-state index in [0.29, 0.717) is 34.4 Å². The molecule has 2 aromatic heterocycles. The van der Waals surface area contributed by atoms with Crippen molar-refractivity contribution in [2.45, 2.75) is 26.7 Å². The summed E-state index contributed by atoms with van der Waals surface area (Å²) in [4.78, 5) is 24.6. The van der Waals surface area contributed by atoms with Crippen LogP contribution in [0.25, 0.3) is 22.2 Å². The standard InChI is InChI=1S/C28H32ClN7O3.CH4/c1-33(2)11-12-34(3)23-14-25(39-5)22(13-24(23)36(37)38)31-28-30-15-21(29)26(32-28)20-16-35(4)27-18-8-6-7-17(18)9-10-19(20)27;/h9-10,13-16H,6-8,11-12H2,1-5H3,(H,30,31,32);1H4. The van der Waals surface area contributed by atoms with Crippen molar-refractivity contribution in [3.05, 3.63) is 62.9 Å². The molecule has 1 aliphatic rings. The lowest BCUT2D eigenvalue weighted by Gasteiger charge is -2.22. The number of halogens is 1. The van der Waals surface area contributed by atoms with E-state index in [2.05, 4.69) is 27.0 Å². The number of nitro benzene ring substituents is 1. The molecule has 4 aromatic rings. The summed E-state index contributed by atoms with van der Waals surface area (Å²) >= 11 is 6.61.